The maximum Gasteiger partial charge on any atom is 0.238 e. The van der Waals surface area contributed by atoms with Crippen LogP contribution in [0.15, 0.2) is 18.3 Å². The molecule has 0 fully saturated rings. The molecule has 1 amide bonds. The van der Waals surface area contributed by atoms with Crippen LogP contribution >= 0.6 is 0 Å². The number of nitrogens with zero attached hydrogens (tertiary/aromatic N) is 1. The molecule has 4 N–H and O–H groups in total. The average molecular weight is 177 g/mol. The molecule has 1 aromatic heterocycles. The van der Waals surface area contributed by atoms with Crippen LogP contribution in [0, 0.1) is 0 Å². The number of hydrogen-bond donors (Lipinski definition) is 2. The molecular weight excluding hydrogens is 166 g/mol. The van der Waals surface area contributed by atoms with E-state index >= 15 is 0 Å². The number of hydrogen-bond acceptors (Lipinski definition) is 3. The minimum absolute atomic E-state index is 0.453. The number of aromatic nitrogens is 1. The molecule has 1 aliphatic rings. The van der Waals surface area contributed by atoms with Crippen molar-refractivity contribution in [3.63, 3.8) is 0 Å². The van der Waals surface area contributed by atoms with E-state index in [1.807, 2.05) is 12.1 Å². The summed E-state index contributed by atoms with van der Waals surface area (Å²) in [7, 11) is 0. The largest absolute Gasteiger partial charge is 0.368 e. The first-order valence-corrected chi connectivity index (χ1v) is 4.13. The Hall–Kier alpha value is -1.42. The monoisotopic (exact) mass is 177 g/mol. The highest BCUT2D eigenvalue weighted by Crippen LogP contribution is 2.25. The first kappa shape index (κ1) is 8.19. The number of rotatable bonds is 1. The van der Waals surface area contributed by atoms with Crippen molar-refractivity contribution in [3.8, 4) is 0 Å². The van der Waals surface area contributed by atoms with Gasteiger partial charge in [-0.2, -0.15) is 0 Å². The minimum atomic E-state index is -0.920. The number of carbonyl (C=O) groups is 1. The van der Waals surface area contributed by atoms with Crippen LogP contribution in [0.3, 0.4) is 0 Å². The maximum atomic E-state index is 11.1. The van der Waals surface area contributed by atoms with E-state index in [-0.39, 0.29) is 0 Å². The molecule has 0 aliphatic heterocycles. The van der Waals surface area contributed by atoms with Gasteiger partial charge in [-0.15, -0.1) is 0 Å². The highest BCUT2D eigenvalue weighted by Gasteiger charge is 2.39. The normalized spacial score (nSPS) is 25.6. The van der Waals surface area contributed by atoms with Gasteiger partial charge in [0.1, 0.15) is 5.54 Å². The van der Waals surface area contributed by atoms with E-state index in [0.29, 0.717) is 12.8 Å². The third-order valence-electron chi connectivity index (χ3n) is 2.46. The molecule has 0 radical (unpaired) electrons. The molecule has 1 atom stereocenters. The Kier molecular flexibility index (Phi) is 1.60. The summed E-state index contributed by atoms with van der Waals surface area (Å²) in [6.45, 7) is 0. The van der Waals surface area contributed by atoms with E-state index in [4.69, 9.17) is 11.5 Å². The molecule has 2 rings (SSSR count). The molecule has 0 bridgehead atoms. The van der Waals surface area contributed by atoms with E-state index in [0.717, 1.165) is 11.3 Å². The van der Waals surface area contributed by atoms with Gasteiger partial charge in [0, 0.05) is 24.7 Å². The molecule has 68 valence electrons. The number of carbonyl (C=O) groups excluding carboxylic acids is 1. The molecule has 1 aromatic rings. The lowest BCUT2D eigenvalue weighted by Gasteiger charge is -2.17. The predicted octanol–water partition coefficient (Wildman–Crippen LogP) is -0.637. The lowest BCUT2D eigenvalue weighted by molar-refractivity contribution is -0.122. The van der Waals surface area contributed by atoms with E-state index < -0.39 is 11.4 Å². The molecule has 1 unspecified atom stereocenters. The van der Waals surface area contributed by atoms with Crippen molar-refractivity contribution in [1.29, 1.82) is 0 Å². The van der Waals surface area contributed by atoms with Crippen LogP contribution in [0.2, 0.25) is 0 Å². The second kappa shape index (κ2) is 2.53. The van der Waals surface area contributed by atoms with Gasteiger partial charge in [-0.3, -0.25) is 9.78 Å². The Morgan fingerprint density at radius 1 is 1.54 bits per heavy atom. The fourth-order valence-corrected chi connectivity index (χ4v) is 1.67. The second-order valence-corrected chi connectivity index (χ2v) is 3.48. The van der Waals surface area contributed by atoms with Gasteiger partial charge in [0.25, 0.3) is 0 Å². The average Bonchev–Trinajstić information content (AvgIpc) is 2.42. The van der Waals surface area contributed by atoms with Gasteiger partial charge in [-0.25, -0.2) is 0 Å². The Bertz CT molecular complexity index is 337. The SMILES string of the molecule is NC(=O)C1(N)Cc2cccnc2C1. The summed E-state index contributed by atoms with van der Waals surface area (Å²) in [5.41, 5.74) is 12.1. The number of primary amides is 1. The molecule has 0 spiro atoms. The smallest absolute Gasteiger partial charge is 0.238 e. The standard InChI is InChI=1S/C9H11N3O/c10-8(13)9(11)4-6-2-1-3-12-7(6)5-9/h1-3H,4-5,11H2,(H2,10,13). The lowest BCUT2D eigenvalue weighted by atomic mass is 9.97. The van der Waals surface area contributed by atoms with Crippen LogP contribution in [0.25, 0.3) is 0 Å². The van der Waals surface area contributed by atoms with Gasteiger partial charge >= 0.3 is 0 Å². The molecule has 0 aromatic carbocycles. The first-order chi connectivity index (χ1) is 6.12. The summed E-state index contributed by atoms with van der Waals surface area (Å²) in [5.74, 6) is -0.453. The Morgan fingerprint density at radius 2 is 2.31 bits per heavy atom. The molecule has 1 aliphatic carbocycles. The van der Waals surface area contributed by atoms with Crippen LogP contribution in [-0.4, -0.2) is 16.4 Å². The van der Waals surface area contributed by atoms with Crippen molar-refractivity contribution >= 4 is 5.91 Å². The third kappa shape index (κ3) is 1.19. The molecule has 4 heteroatoms. The molecule has 13 heavy (non-hydrogen) atoms. The fourth-order valence-electron chi connectivity index (χ4n) is 1.67. The van der Waals surface area contributed by atoms with E-state index in [2.05, 4.69) is 4.98 Å². The summed E-state index contributed by atoms with van der Waals surface area (Å²) >= 11 is 0. The Labute approximate surface area is 75.9 Å². The quantitative estimate of drug-likeness (QED) is 0.598. The van der Waals surface area contributed by atoms with Crippen LogP contribution in [-0.2, 0) is 17.6 Å². The van der Waals surface area contributed by atoms with Gasteiger partial charge in [-0.1, -0.05) is 6.07 Å². The molecule has 1 heterocycles. The van der Waals surface area contributed by atoms with Gasteiger partial charge < -0.3 is 11.5 Å². The zero-order valence-electron chi connectivity index (χ0n) is 7.16. The van der Waals surface area contributed by atoms with Crippen LogP contribution in [0.5, 0.6) is 0 Å². The van der Waals surface area contributed by atoms with E-state index in [1.54, 1.807) is 6.20 Å². The van der Waals surface area contributed by atoms with Crippen molar-refractivity contribution in [3.05, 3.63) is 29.6 Å². The Morgan fingerprint density at radius 3 is 2.92 bits per heavy atom. The summed E-state index contributed by atoms with van der Waals surface area (Å²) in [4.78, 5) is 15.2. The van der Waals surface area contributed by atoms with Crippen molar-refractivity contribution < 1.29 is 4.79 Å². The number of nitrogens with two attached hydrogens (primary N) is 2. The zero-order chi connectivity index (χ0) is 9.47. The number of pyridine rings is 1. The summed E-state index contributed by atoms with van der Waals surface area (Å²) in [6.07, 6.45) is 2.66. The summed E-state index contributed by atoms with van der Waals surface area (Å²) < 4.78 is 0. The molecule has 4 nitrogen and oxygen atoms in total. The second-order valence-electron chi connectivity index (χ2n) is 3.48. The van der Waals surface area contributed by atoms with Gasteiger partial charge in [-0.05, 0) is 11.6 Å². The maximum absolute atomic E-state index is 11.1. The molecule has 0 saturated heterocycles. The molecular formula is C9H11N3O. The van der Waals surface area contributed by atoms with Crippen molar-refractivity contribution in [1.82, 2.24) is 4.98 Å². The van der Waals surface area contributed by atoms with Gasteiger partial charge in [0.15, 0.2) is 0 Å². The molecule has 0 saturated carbocycles. The van der Waals surface area contributed by atoms with Crippen LogP contribution < -0.4 is 11.5 Å². The zero-order valence-corrected chi connectivity index (χ0v) is 7.16. The minimum Gasteiger partial charge on any atom is -0.368 e. The topological polar surface area (TPSA) is 82.0 Å². The van der Waals surface area contributed by atoms with E-state index in [1.165, 1.54) is 0 Å². The predicted molar refractivity (Wildman–Crippen MR) is 47.8 cm³/mol. The summed E-state index contributed by atoms with van der Waals surface area (Å²) in [6, 6.07) is 3.77. The van der Waals surface area contributed by atoms with Gasteiger partial charge in [0.05, 0.1) is 0 Å². The van der Waals surface area contributed by atoms with Gasteiger partial charge in [0.2, 0.25) is 5.91 Å². The third-order valence-corrected chi connectivity index (χ3v) is 2.46. The van der Waals surface area contributed by atoms with E-state index in [9.17, 15) is 4.79 Å². The fraction of sp³-hybridized carbons (Fsp3) is 0.333. The lowest BCUT2D eigenvalue weighted by Crippen LogP contribution is -2.52. The first-order valence-electron chi connectivity index (χ1n) is 4.13. The highest BCUT2D eigenvalue weighted by atomic mass is 16.1. The summed E-state index contributed by atoms with van der Waals surface area (Å²) in [5, 5.41) is 0. The number of fused-ring (bicyclic) bond motifs is 1. The van der Waals surface area contributed by atoms with Crippen LogP contribution in [0.1, 0.15) is 11.3 Å². The van der Waals surface area contributed by atoms with Crippen molar-refractivity contribution in [2.75, 3.05) is 0 Å². The highest BCUT2D eigenvalue weighted by molar-refractivity contribution is 5.86. The van der Waals surface area contributed by atoms with Crippen molar-refractivity contribution in [2.24, 2.45) is 11.5 Å². The van der Waals surface area contributed by atoms with Crippen LogP contribution in [0.4, 0.5) is 0 Å². The number of amides is 1. The van der Waals surface area contributed by atoms with Crippen molar-refractivity contribution in [2.45, 2.75) is 18.4 Å². The Balaban J connectivity index is 2.37.